The van der Waals surface area contributed by atoms with Gasteiger partial charge in [-0.1, -0.05) is 12.1 Å². The quantitative estimate of drug-likeness (QED) is 0.886. The van der Waals surface area contributed by atoms with Gasteiger partial charge < -0.3 is 10.6 Å². The predicted octanol–water partition coefficient (Wildman–Crippen LogP) is 1.86. The monoisotopic (exact) mass is 284 g/mol. The Hall–Kier alpha value is -1.56. The summed E-state index contributed by atoms with van der Waals surface area (Å²) in [6.45, 7) is 5.60. The van der Waals surface area contributed by atoms with Gasteiger partial charge in [-0.15, -0.1) is 0 Å². The molecular weight excluding hydrogens is 264 g/mol. The van der Waals surface area contributed by atoms with Crippen molar-refractivity contribution in [3.8, 4) is 0 Å². The summed E-state index contributed by atoms with van der Waals surface area (Å²) in [6.07, 6.45) is 1.17. The molecule has 0 radical (unpaired) electrons. The van der Waals surface area contributed by atoms with E-state index in [-0.39, 0.29) is 23.0 Å². The molecule has 1 aromatic rings. The molecule has 0 heterocycles. The Labute approximate surface area is 114 Å². The van der Waals surface area contributed by atoms with Crippen molar-refractivity contribution in [3.63, 3.8) is 0 Å². The van der Waals surface area contributed by atoms with Crippen molar-refractivity contribution in [2.75, 3.05) is 6.26 Å². The molecule has 0 bridgehead atoms. The van der Waals surface area contributed by atoms with Gasteiger partial charge in [0, 0.05) is 12.3 Å². The van der Waals surface area contributed by atoms with Crippen LogP contribution in [0.15, 0.2) is 29.2 Å². The number of carbonyl (C=O) groups excluding carboxylic acids is 1. The average molecular weight is 284 g/mol. The topological polar surface area (TPSA) is 75.3 Å². The predicted molar refractivity (Wildman–Crippen MR) is 74.8 cm³/mol. The summed E-state index contributed by atoms with van der Waals surface area (Å²) in [5.74, 6) is 0. The molecule has 106 valence electrons. The van der Waals surface area contributed by atoms with Gasteiger partial charge in [0.2, 0.25) is 0 Å². The van der Waals surface area contributed by atoms with Crippen molar-refractivity contribution in [2.45, 2.75) is 37.8 Å². The zero-order valence-corrected chi connectivity index (χ0v) is 12.4. The maximum absolute atomic E-state index is 11.5. The van der Waals surface area contributed by atoms with Crippen LogP contribution in [0.5, 0.6) is 0 Å². The lowest BCUT2D eigenvalue weighted by Gasteiger charge is -2.16. The van der Waals surface area contributed by atoms with Gasteiger partial charge in [-0.25, -0.2) is 13.2 Å². The molecule has 1 atom stereocenters. The molecule has 5 nitrogen and oxygen atoms in total. The standard InChI is InChI=1S/C13H20N2O3S/c1-9(2)14-13(16)15-10(3)11-5-7-12(8-6-11)19(4,17)18/h5-10H,1-4H3,(H2,14,15,16)/t10-/m1/s1. The fourth-order valence-electron chi connectivity index (χ4n) is 1.59. The molecule has 1 rings (SSSR count). The molecule has 0 aliphatic rings. The van der Waals surface area contributed by atoms with Crippen LogP contribution < -0.4 is 10.6 Å². The Kier molecular flexibility index (Phi) is 4.94. The second kappa shape index (κ2) is 6.06. The number of hydrogen-bond acceptors (Lipinski definition) is 3. The number of sulfone groups is 1. The van der Waals surface area contributed by atoms with Crippen LogP contribution in [0.4, 0.5) is 4.79 Å². The molecule has 2 N–H and O–H groups in total. The lowest BCUT2D eigenvalue weighted by atomic mass is 10.1. The van der Waals surface area contributed by atoms with E-state index in [1.54, 1.807) is 24.3 Å². The number of rotatable bonds is 4. The van der Waals surface area contributed by atoms with Crippen LogP contribution >= 0.6 is 0 Å². The molecule has 6 heteroatoms. The van der Waals surface area contributed by atoms with Gasteiger partial charge in [-0.05, 0) is 38.5 Å². The molecule has 0 saturated heterocycles. The van der Waals surface area contributed by atoms with Crippen LogP contribution in [0, 0.1) is 0 Å². The van der Waals surface area contributed by atoms with E-state index in [0.29, 0.717) is 0 Å². The van der Waals surface area contributed by atoms with Crippen molar-refractivity contribution in [1.29, 1.82) is 0 Å². The first-order chi connectivity index (χ1) is 8.70. The molecule has 0 saturated carbocycles. The van der Waals surface area contributed by atoms with Crippen molar-refractivity contribution in [3.05, 3.63) is 29.8 Å². The molecule has 0 unspecified atom stereocenters. The largest absolute Gasteiger partial charge is 0.336 e. The van der Waals surface area contributed by atoms with Crippen molar-refractivity contribution >= 4 is 15.9 Å². The third kappa shape index (κ3) is 4.90. The van der Waals surface area contributed by atoms with E-state index in [4.69, 9.17) is 0 Å². The molecule has 2 amide bonds. The first-order valence-corrected chi connectivity index (χ1v) is 7.96. The molecule has 0 spiro atoms. The smallest absolute Gasteiger partial charge is 0.315 e. The Balaban J connectivity index is 2.73. The minimum Gasteiger partial charge on any atom is -0.336 e. The van der Waals surface area contributed by atoms with Crippen LogP contribution in [-0.2, 0) is 9.84 Å². The fourth-order valence-corrected chi connectivity index (χ4v) is 2.22. The summed E-state index contributed by atoms with van der Waals surface area (Å²) in [5, 5.41) is 5.52. The van der Waals surface area contributed by atoms with E-state index in [1.165, 1.54) is 6.26 Å². The minimum atomic E-state index is -3.18. The number of benzene rings is 1. The first-order valence-electron chi connectivity index (χ1n) is 6.07. The summed E-state index contributed by atoms with van der Waals surface area (Å²) in [6, 6.07) is 6.14. The van der Waals surface area contributed by atoms with Crippen LogP contribution in [0.25, 0.3) is 0 Å². The Morgan fingerprint density at radius 2 is 1.58 bits per heavy atom. The third-order valence-corrected chi connectivity index (χ3v) is 3.70. The Morgan fingerprint density at radius 1 is 1.05 bits per heavy atom. The lowest BCUT2D eigenvalue weighted by Crippen LogP contribution is -2.40. The second-order valence-electron chi connectivity index (χ2n) is 4.84. The van der Waals surface area contributed by atoms with Crippen LogP contribution in [0.2, 0.25) is 0 Å². The van der Waals surface area contributed by atoms with E-state index in [1.807, 2.05) is 20.8 Å². The molecule has 0 aliphatic carbocycles. The number of nitrogens with one attached hydrogen (secondary N) is 2. The van der Waals surface area contributed by atoms with Crippen molar-refractivity contribution in [1.82, 2.24) is 10.6 Å². The number of urea groups is 1. The fraction of sp³-hybridized carbons (Fsp3) is 0.462. The van der Waals surface area contributed by atoms with E-state index >= 15 is 0 Å². The van der Waals surface area contributed by atoms with Gasteiger partial charge in [0.05, 0.1) is 10.9 Å². The van der Waals surface area contributed by atoms with E-state index < -0.39 is 9.84 Å². The summed E-state index contributed by atoms with van der Waals surface area (Å²) in [7, 11) is -3.18. The van der Waals surface area contributed by atoms with Crippen molar-refractivity contribution in [2.24, 2.45) is 0 Å². The molecule has 0 fully saturated rings. The Morgan fingerprint density at radius 3 is 2.00 bits per heavy atom. The minimum absolute atomic E-state index is 0.0693. The average Bonchev–Trinajstić information content (AvgIpc) is 2.26. The van der Waals surface area contributed by atoms with Crippen molar-refractivity contribution < 1.29 is 13.2 Å². The van der Waals surface area contributed by atoms with E-state index in [9.17, 15) is 13.2 Å². The zero-order chi connectivity index (χ0) is 14.6. The number of carbonyl (C=O) groups is 1. The van der Waals surface area contributed by atoms with E-state index in [2.05, 4.69) is 10.6 Å². The molecule has 1 aromatic carbocycles. The molecule has 0 aromatic heterocycles. The number of hydrogen-bond donors (Lipinski definition) is 2. The maximum atomic E-state index is 11.5. The van der Waals surface area contributed by atoms with Gasteiger partial charge in [0.15, 0.2) is 9.84 Å². The maximum Gasteiger partial charge on any atom is 0.315 e. The lowest BCUT2D eigenvalue weighted by molar-refractivity contribution is 0.235. The number of amides is 2. The Bertz CT molecular complexity index is 536. The SMILES string of the molecule is CC(C)NC(=O)N[C@H](C)c1ccc(S(C)(=O)=O)cc1. The highest BCUT2D eigenvalue weighted by Gasteiger charge is 2.12. The second-order valence-corrected chi connectivity index (χ2v) is 6.85. The molecular formula is C13H20N2O3S. The van der Waals surface area contributed by atoms with E-state index in [0.717, 1.165) is 5.56 Å². The van der Waals surface area contributed by atoms with Crippen LogP contribution in [-0.4, -0.2) is 26.7 Å². The zero-order valence-electron chi connectivity index (χ0n) is 11.6. The van der Waals surface area contributed by atoms with Gasteiger partial charge in [-0.3, -0.25) is 0 Å². The summed E-state index contributed by atoms with van der Waals surface area (Å²) in [5.41, 5.74) is 0.853. The highest BCUT2D eigenvalue weighted by Crippen LogP contribution is 2.16. The van der Waals surface area contributed by atoms with Crippen LogP contribution in [0.1, 0.15) is 32.4 Å². The highest BCUT2D eigenvalue weighted by molar-refractivity contribution is 7.90. The van der Waals surface area contributed by atoms with Gasteiger partial charge in [-0.2, -0.15) is 0 Å². The molecule has 0 aliphatic heterocycles. The van der Waals surface area contributed by atoms with Gasteiger partial charge in [0.25, 0.3) is 0 Å². The van der Waals surface area contributed by atoms with Crippen LogP contribution in [0.3, 0.4) is 0 Å². The highest BCUT2D eigenvalue weighted by atomic mass is 32.2. The summed E-state index contributed by atoms with van der Waals surface area (Å²) in [4.78, 5) is 11.8. The first kappa shape index (κ1) is 15.5. The van der Waals surface area contributed by atoms with Gasteiger partial charge in [0.1, 0.15) is 0 Å². The molecule has 19 heavy (non-hydrogen) atoms. The normalized spacial score (nSPS) is 13.1. The summed E-state index contributed by atoms with van der Waals surface area (Å²) < 4.78 is 22.7. The third-order valence-electron chi connectivity index (χ3n) is 2.58. The summed E-state index contributed by atoms with van der Waals surface area (Å²) >= 11 is 0. The van der Waals surface area contributed by atoms with Gasteiger partial charge >= 0.3 is 6.03 Å².